The van der Waals surface area contributed by atoms with E-state index in [0.717, 1.165) is 42.8 Å². The zero-order valence-electron chi connectivity index (χ0n) is 13.6. The summed E-state index contributed by atoms with van der Waals surface area (Å²) in [7, 11) is 0. The highest BCUT2D eigenvalue weighted by atomic mass is 35.5. The van der Waals surface area contributed by atoms with Gasteiger partial charge in [-0.1, -0.05) is 18.0 Å². The maximum Gasteiger partial charge on any atom is 0.233 e. The van der Waals surface area contributed by atoms with Gasteiger partial charge in [-0.15, -0.1) is 11.8 Å². The first-order chi connectivity index (χ1) is 11.6. The number of aryl methyl sites for hydroxylation is 1. The van der Waals surface area contributed by atoms with Gasteiger partial charge in [-0.3, -0.25) is 4.79 Å². The van der Waals surface area contributed by atoms with Gasteiger partial charge in [0.15, 0.2) is 5.82 Å². The number of amides is 1. The number of rotatable bonds is 4. The van der Waals surface area contributed by atoms with E-state index in [2.05, 4.69) is 15.3 Å². The number of nitrogens with one attached hydrogen (secondary N) is 1. The molecule has 1 amide bonds. The smallest absolute Gasteiger partial charge is 0.233 e. The van der Waals surface area contributed by atoms with E-state index in [4.69, 9.17) is 11.6 Å². The van der Waals surface area contributed by atoms with Crippen molar-refractivity contribution in [3.63, 3.8) is 0 Å². The number of hydrogen-bond acceptors (Lipinski definition) is 4. The Bertz CT molecular complexity index is 721. The van der Waals surface area contributed by atoms with E-state index < -0.39 is 0 Å². The lowest BCUT2D eigenvalue weighted by Gasteiger charge is -2.13. The van der Waals surface area contributed by atoms with Gasteiger partial charge in [-0.25, -0.2) is 9.97 Å². The molecular weight excluding hydrogens is 342 g/mol. The Morgan fingerprint density at radius 2 is 2.04 bits per heavy atom. The normalized spacial score (nSPS) is 18.1. The largest absolute Gasteiger partial charge is 0.355 e. The van der Waals surface area contributed by atoms with Crippen molar-refractivity contribution in [2.45, 2.75) is 37.2 Å². The van der Waals surface area contributed by atoms with Crippen molar-refractivity contribution in [1.82, 2.24) is 15.3 Å². The van der Waals surface area contributed by atoms with Crippen LogP contribution >= 0.6 is 23.4 Å². The second-order valence-corrected chi connectivity index (χ2v) is 7.55. The molecule has 2 heterocycles. The molecule has 4 nitrogen and oxygen atoms in total. The number of thioether (sulfide) groups is 1. The molecule has 0 bridgehead atoms. The Morgan fingerprint density at radius 3 is 2.83 bits per heavy atom. The summed E-state index contributed by atoms with van der Waals surface area (Å²) < 4.78 is 0. The minimum atomic E-state index is 0.0155. The molecule has 1 unspecified atom stereocenters. The molecule has 126 valence electrons. The molecular formula is C18H20ClN3OS. The second-order valence-electron chi connectivity index (χ2n) is 5.92. The molecule has 1 aliphatic rings. The van der Waals surface area contributed by atoms with Crippen molar-refractivity contribution in [1.29, 1.82) is 0 Å². The van der Waals surface area contributed by atoms with E-state index in [-0.39, 0.29) is 11.2 Å². The first-order valence-electron chi connectivity index (χ1n) is 8.11. The fraction of sp³-hybridized carbons (Fsp3) is 0.389. The van der Waals surface area contributed by atoms with E-state index in [1.54, 1.807) is 11.8 Å². The van der Waals surface area contributed by atoms with Crippen LogP contribution in [0.25, 0.3) is 11.4 Å². The third kappa shape index (κ3) is 4.48. The molecule has 1 aromatic carbocycles. The lowest BCUT2D eigenvalue weighted by atomic mass is 10.2. The molecule has 1 aliphatic heterocycles. The fourth-order valence-corrected chi connectivity index (χ4v) is 3.91. The molecule has 3 rings (SSSR count). The maximum atomic E-state index is 12.0. The summed E-state index contributed by atoms with van der Waals surface area (Å²) >= 11 is 7.61. The molecule has 1 atom stereocenters. The maximum absolute atomic E-state index is 12.0. The SMILES string of the molecule is Cc1cc(CSC2CCCCNC2=O)nc(-c2ccc(Cl)cc2)n1. The lowest BCUT2D eigenvalue weighted by Crippen LogP contribution is -2.30. The van der Waals surface area contributed by atoms with Gasteiger partial charge in [0.25, 0.3) is 0 Å². The lowest BCUT2D eigenvalue weighted by molar-refractivity contribution is -0.120. The monoisotopic (exact) mass is 361 g/mol. The molecule has 0 saturated carbocycles. The van der Waals surface area contributed by atoms with Crippen molar-refractivity contribution in [2.75, 3.05) is 6.54 Å². The summed E-state index contributed by atoms with van der Waals surface area (Å²) in [5.74, 6) is 1.57. The molecule has 1 saturated heterocycles. The Hall–Kier alpha value is -1.59. The number of hydrogen-bond donors (Lipinski definition) is 1. The van der Waals surface area contributed by atoms with E-state index in [0.29, 0.717) is 16.6 Å². The van der Waals surface area contributed by atoms with Crippen molar-refractivity contribution in [3.8, 4) is 11.4 Å². The molecule has 24 heavy (non-hydrogen) atoms. The number of benzene rings is 1. The topological polar surface area (TPSA) is 54.9 Å². The van der Waals surface area contributed by atoms with Crippen LogP contribution in [-0.4, -0.2) is 27.7 Å². The minimum absolute atomic E-state index is 0.0155. The second kappa shape index (κ2) is 7.99. The number of aromatic nitrogens is 2. The van der Waals surface area contributed by atoms with Crippen molar-refractivity contribution >= 4 is 29.3 Å². The quantitative estimate of drug-likeness (QED) is 0.894. The highest BCUT2D eigenvalue weighted by Gasteiger charge is 2.21. The van der Waals surface area contributed by atoms with Gasteiger partial charge in [0.2, 0.25) is 5.91 Å². The Morgan fingerprint density at radius 1 is 1.25 bits per heavy atom. The molecule has 2 aromatic rings. The zero-order valence-corrected chi connectivity index (χ0v) is 15.2. The van der Waals surface area contributed by atoms with Gasteiger partial charge in [0.05, 0.1) is 10.9 Å². The highest BCUT2D eigenvalue weighted by Crippen LogP contribution is 2.25. The average molecular weight is 362 g/mol. The first kappa shape index (κ1) is 17.2. The molecule has 0 spiro atoms. The Balaban J connectivity index is 1.74. The van der Waals surface area contributed by atoms with Gasteiger partial charge in [-0.05, 0) is 50.1 Å². The predicted octanol–water partition coefficient (Wildman–Crippen LogP) is 4.01. The predicted molar refractivity (Wildman–Crippen MR) is 99.2 cm³/mol. The summed E-state index contributed by atoms with van der Waals surface area (Å²) in [6, 6.07) is 9.51. The summed E-state index contributed by atoms with van der Waals surface area (Å²) in [4.78, 5) is 21.2. The van der Waals surface area contributed by atoms with Gasteiger partial charge >= 0.3 is 0 Å². The van der Waals surface area contributed by atoms with Gasteiger partial charge in [0, 0.05) is 28.6 Å². The van der Waals surface area contributed by atoms with Crippen molar-refractivity contribution < 1.29 is 4.79 Å². The third-order valence-electron chi connectivity index (χ3n) is 3.93. The number of nitrogens with zero attached hydrogens (tertiary/aromatic N) is 2. The van der Waals surface area contributed by atoms with Crippen LogP contribution in [0.5, 0.6) is 0 Å². The van der Waals surface area contributed by atoms with Crippen molar-refractivity contribution in [2.24, 2.45) is 0 Å². The highest BCUT2D eigenvalue weighted by molar-refractivity contribution is 7.99. The van der Waals surface area contributed by atoms with Gasteiger partial charge < -0.3 is 5.32 Å². The van der Waals surface area contributed by atoms with Crippen LogP contribution in [-0.2, 0) is 10.5 Å². The fourth-order valence-electron chi connectivity index (χ4n) is 2.69. The Labute approximate surface area is 151 Å². The number of halogens is 1. The van der Waals surface area contributed by atoms with E-state index in [1.165, 1.54) is 0 Å². The molecule has 6 heteroatoms. The van der Waals surface area contributed by atoms with Crippen LogP contribution in [0.3, 0.4) is 0 Å². The summed E-state index contributed by atoms with van der Waals surface area (Å²) in [6.45, 7) is 2.76. The van der Waals surface area contributed by atoms with E-state index in [1.807, 2.05) is 37.3 Å². The van der Waals surface area contributed by atoms with Crippen LogP contribution in [0.2, 0.25) is 5.02 Å². The molecule has 1 aromatic heterocycles. The molecule has 0 radical (unpaired) electrons. The van der Waals surface area contributed by atoms with Crippen LogP contribution in [0.1, 0.15) is 30.7 Å². The molecule has 1 fully saturated rings. The van der Waals surface area contributed by atoms with E-state index in [9.17, 15) is 4.79 Å². The minimum Gasteiger partial charge on any atom is -0.355 e. The van der Waals surface area contributed by atoms with Crippen LogP contribution in [0, 0.1) is 6.92 Å². The third-order valence-corrected chi connectivity index (χ3v) is 5.49. The standard InChI is InChI=1S/C18H20ClN3OS/c1-12-10-15(11-24-16-4-2-3-9-20-18(16)23)22-17(21-12)13-5-7-14(19)8-6-13/h5-8,10,16H,2-4,9,11H2,1H3,(H,20,23). The molecule has 0 aliphatic carbocycles. The number of carbonyl (C=O) groups excluding carboxylic acids is 1. The van der Waals surface area contributed by atoms with Crippen molar-refractivity contribution in [3.05, 3.63) is 46.7 Å². The zero-order chi connectivity index (χ0) is 16.9. The van der Waals surface area contributed by atoms with Crippen LogP contribution in [0.15, 0.2) is 30.3 Å². The first-order valence-corrected chi connectivity index (χ1v) is 9.54. The van der Waals surface area contributed by atoms with Gasteiger partial charge in [-0.2, -0.15) is 0 Å². The van der Waals surface area contributed by atoms with Crippen LogP contribution in [0.4, 0.5) is 0 Å². The number of carbonyl (C=O) groups is 1. The van der Waals surface area contributed by atoms with E-state index >= 15 is 0 Å². The molecule has 1 N–H and O–H groups in total. The van der Waals surface area contributed by atoms with Crippen LogP contribution < -0.4 is 5.32 Å². The summed E-state index contributed by atoms with van der Waals surface area (Å²) in [5, 5.41) is 3.69. The Kier molecular flexibility index (Phi) is 5.74. The summed E-state index contributed by atoms with van der Waals surface area (Å²) in [5.41, 5.74) is 2.83. The van der Waals surface area contributed by atoms with Gasteiger partial charge in [0.1, 0.15) is 0 Å². The average Bonchev–Trinajstić information content (AvgIpc) is 2.77. The summed E-state index contributed by atoms with van der Waals surface area (Å²) in [6.07, 6.45) is 3.09.